The molecule has 3 N–H and O–H groups in total. The quantitative estimate of drug-likeness (QED) is 0.166. The number of nitrogens with two attached hydrogens (primary N) is 1. The zero-order valence-corrected chi connectivity index (χ0v) is 37.8. The molecular weight excluding hydrogens is 827 g/mol. The van der Waals surface area contributed by atoms with Gasteiger partial charge in [-0.2, -0.15) is 0 Å². The fourth-order valence-electron chi connectivity index (χ4n) is 11.7. The van der Waals surface area contributed by atoms with Gasteiger partial charge in [-0.1, -0.05) is 177 Å². The van der Waals surface area contributed by atoms with Crippen LogP contribution in [0.4, 0.5) is 0 Å². The van der Waals surface area contributed by atoms with Gasteiger partial charge in [-0.3, -0.25) is 5.32 Å². The van der Waals surface area contributed by atoms with Crippen LogP contribution in [0.15, 0.2) is 211 Å². The number of hydrogen-bond donors (Lipinski definition) is 2. The van der Waals surface area contributed by atoms with E-state index in [1.54, 1.807) is 0 Å². The van der Waals surface area contributed by atoms with Crippen LogP contribution in [0.25, 0.3) is 93.2 Å². The van der Waals surface area contributed by atoms with Gasteiger partial charge in [0.2, 0.25) is 6.17 Å². The number of para-hydroxylation sites is 1. The molecule has 324 valence electrons. The van der Waals surface area contributed by atoms with Gasteiger partial charge < -0.3 is 14.5 Å². The Labute approximate surface area is 394 Å². The van der Waals surface area contributed by atoms with E-state index in [9.17, 15) is 0 Å². The summed E-state index contributed by atoms with van der Waals surface area (Å²) in [5.74, 6) is 1.44. The zero-order valence-electron chi connectivity index (χ0n) is 37.8. The highest BCUT2D eigenvalue weighted by molar-refractivity contribution is 6.21. The normalized spacial score (nSPS) is 17.3. The standard InChI is InChI=1S/C63H47N5/c1-39-15-13-28-55-53(35-39)58-50-24-9-6-17-41(50)32-34-56(58)68(55)60-51-25-10-7-20-43(51)38-57-59(60)52-26-11-12-27-54(52)67(57)47-22-14-21-45(37-47)62-64-61(42-18-3-2-4-19-42)65-63(66-62)46-31-33-49-44(36-46)30-29-40-16-5-8-23-48(40)49/h2-14,16-34,36-39,62-63,66H,15,35H2,1H3,(H,64,65)/p+1. The number of allylic oxidation sites excluding steroid dienone is 1. The van der Waals surface area contributed by atoms with Crippen LogP contribution < -0.4 is 10.6 Å². The summed E-state index contributed by atoms with van der Waals surface area (Å²) >= 11 is 0. The first-order valence-electron chi connectivity index (χ1n) is 24.1. The van der Waals surface area contributed by atoms with Crippen molar-refractivity contribution in [2.24, 2.45) is 10.9 Å². The van der Waals surface area contributed by atoms with Crippen molar-refractivity contribution in [1.82, 2.24) is 14.5 Å². The second-order valence-electron chi connectivity index (χ2n) is 19.0. The molecule has 5 heteroatoms. The maximum absolute atomic E-state index is 5.40. The third-order valence-electron chi connectivity index (χ3n) is 14.8. The summed E-state index contributed by atoms with van der Waals surface area (Å²) in [6, 6.07) is 73.8. The first-order valence-corrected chi connectivity index (χ1v) is 24.1. The predicted octanol–water partition coefficient (Wildman–Crippen LogP) is 14.2. The third kappa shape index (κ3) is 6.09. The molecule has 1 aliphatic heterocycles. The van der Waals surface area contributed by atoms with E-state index in [2.05, 4.69) is 239 Å². The molecule has 3 heterocycles. The fourth-order valence-corrected chi connectivity index (χ4v) is 11.7. The molecule has 0 radical (unpaired) electrons. The third-order valence-corrected chi connectivity index (χ3v) is 14.8. The first-order chi connectivity index (χ1) is 33.6. The number of hydrogen-bond acceptors (Lipinski definition) is 2. The molecule has 0 amide bonds. The highest BCUT2D eigenvalue weighted by Crippen LogP contribution is 2.45. The second-order valence-corrected chi connectivity index (χ2v) is 19.0. The van der Waals surface area contributed by atoms with Crippen LogP contribution in [0.1, 0.15) is 53.6 Å². The van der Waals surface area contributed by atoms with Crippen LogP contribution in [0.3, 0.4) is 0 Å². The summed E-state index contributed by atoms with van der Waals surface area (Å²) in [5, 5.41) is 20.2. The van der Waals surface area contributed by atoms with E-state index in [1.165, 1.54) is 104 Å². The number of aliphatic imine (C=N–C) groups is 1. The van der Waals surface area contributed by atoms with Gasteiger partial charge in [0.1, 0.15) is 5.84 Å². The van der Waals surface area contributed by atoms with Gasteiger partial charge in [0.05, 0.1) is 22.2 Å². The van der Waals surface area contributed by atoms with Gasteiger partial charge in [-0.05, 0) is 105 Å². The van der Waals surface area contributed by atoms with E-state index in [-0.39, 0.29) is 12.3 Å². The van der Waals surface area contributed by atoms with Crippen molar-refractivity contribution < 1.29 is 5.32 Å². The minimum Gasteiger partial charge on any atom is -0.317 e. The molecule has 68 heavy (non-hydrogen) atoms. The molecule has 0 bridgehead atoms. The lowest BCUT2D eigenvalue weighted by molar-refractivity contribution is -0.739. The summed E-state index contributed by atoms with van der Waals surface area (Å²) in [4.78, 5) is 5.40. The van der Waals surface area contributed by atoms with Gasteiger partial charge in [0, 0.05) is 49.6 Å². The average molecular weight is 875 g/mol. The second kappa shape index (κ2) is 15.4. The molecule has 0 spiro atoms. The van der Waals surface area contributed by atoms with E-state index < -0.39 is 0 Å². The van der Waals surface area contributed by atoms with Crippen molar-refractivity contribution in [1.29, 1.82) is 0 Å². The molecule has 3 unspecified atom stereocenters. The van der Waals surface area contributed by atoms with Crippen molar-refractivity contribution in [3.63, 3.8) is 0 Å². The monoisotopic (exact) mass is 874 g/mol. The van der Waals surface area contributed by atoms with Crippen LogP contribution >= 0.6 is 0 Å². The van der Waals surface area contributed by atoms with Crippen LogP contribution in [0.2, 0.25) is 0 Å². The molecule has 2 aromatic heterocycles. The lowest BCUT2D eigenvalue weighted by Crippen LogP contribution is -2.90. The van der Waals surface area contributed by atoms with Gasteiger partial charge in [-0.15, -0.1) is 0 Å². The molecule has 0 saturated heterocycles. The number of nitrogens with one attached hydrogen (secondary N) is 1. The maximum atomic E-state index is 5.40. The van der Waals surface area contributed by atoms with Crippen molar-refractivity contribution in [2.75, 3.05) is 0 Å². The maximum Gasteiger partial charge on any atom is 0.209 e. The summed E-state index contributed by atoms with van der Waals surface area (Å²) in [6.45, 7) is 2.40. The number of nitrogens with zero attached hydrogens (tertiary/aromatic N) is 3. The van der Waals surface area contributed by atoms with Crippen molar-refractivity contribution in [3.8, 4) is 11.4 Å². The molecule has 14 rings (SSSR count). The molecule has 0 saturated carbocycles. The Hall–Kier alpha value is -8.25. The number of rotatable bonds is 5. The summed E-state index contributed by atoms with van der Waals surface area (Å²) in [7, 11) is 0. The van der Waals surface area contributed by atoms with Crippen molar-refractivity contribution in [2.45, 2.75) is 32.1 Å². The lowest BCUT2D eigenvalue weighted by atomic mass is 9.96. The van der Waals surface area contributed by atoms with Crippen LogP contribution in [-0.2, 0) is 6.42 Å². The highest BCUT2D eigenvalue weighted by atomic mass is 15.3. The van der Waals surface area contributed by atoms with E-state index in [4.69, 9.17) is 4.99 Å². The van der Waals surface area contributed by atoms with E-state index >= 15 is 0 Å². The lowest BCUT2D eigenvalue weighted by Gasteiger charge is -2.29. The van der Waals surface area contributed by atoms with E-state index in [1.807, 2.05) is 0 Å². The smallest absolute Gasteiger partial charge is 0.209 e. The number of benzene rings is 10. The Balaban J connectivity index is 0.962. The summed E-state index contributed by atoms with van der Waals surface area (Å²) < 4.78 is 5.12. The Morgan fingerprint density at radius 1 is 0.515 bits per heavy atom. The Bertz CT molecular complexity index is 4080. The highest BCUT2D eigenvalue weighted by Gasteiger charge is 2.31. The molecule has 12 aromatic rings. The number of quaternary nitrogens is 1. The van der Waals surface area contributed by atoms with Gasteiger partial charge >= 0.3 is 0 Å². The predicted molar refractivity (Wildman–Crippen MR) is 284 cm³/mol. The molecule has 2 aliphatic rings. The van der Waals surface area contributed by atoms with Gasteiger partial charge in [-0.25, -0.2) is 4.99 Å². The number of amidine groups is 1. The summed E-state index contributed by atoms with van der Waals surface area (Å²) in [5.41, 5.74) is 12.2. The molecule has 3 atom stereocenters. The summed E-state index contributed by atoms with van der Waals surface area (Å²) in [6.07, 6.45) is 6.66. The molecular formula is C63H48N5+. The average Bonchev–Trinajstić information content (AvgIpc) is 3.81. The fraction of sp³-hybridized carbons (Fsp3) is 0.0952. The topological polar surface area (TPSA) is 50.9 Å². The molecule has 5 nitrogen and oxygen atoms in total. The largest absolute Gasteiger partial charge is 0.317 e. The van der Waals surface area contributed by atoms with E-state index in [0.29, 0.717) is 5.92 Å². The Morgan fingerprint density at radius 3 is 2.07 bits per heavy atom. The minimum absolute atomic E-state index is 0.102. The van der Waals surface area contributed by atoms with E-state index in [0.717, 1.165) is 29.9 Å². The van der Waals surface area contributed by atoms with Gasteiger partial charge in [0.25, 0.3) is 0 Å². The molecule has 0 fully saturated rings. The van der Waals surface area contributed by atoms with Gasteiger partial charge in [0.15, 0.2) is 6.17 Å². The minimum atomic E-state index is -0.154. The zero-order chi connectivity index (χ0) is 44.9. The first kappa shape index (κ1) is 39.0. The Kier molecular flexibility index (Phi) is 8.83. The molecule has 10 aromatic carbocycles. The van der Waals surface area contributed by atoms with Crippen LogP contribution in [0, 0.1) is 5.92 Å². The van der Waals surface area contributed by atoms with Crippen LogP contribution in [0.5, 0.6) is 0 Å². The van der Waals surface area contributed by atoms with Crippen molar-refractivity contribution >= 4 is 87.7 Å². The van der Waals surface area contributed by atoms with Crippen LogP contribution in [-0.4, -0.2) is 15.0 Å². The molecule has 1 aliphatic carbocycles. The number of aromatic nitrogens is 2. The van der Waals surface area contributed by atoms with Crippen molar-refractivity contribution in [3.05, 3.63) is 234 Å². The Morgan fingerprint density at radius 2 is 1.21 bits per heavy atom. The number of fused-ring (bicyclic) bond motifs is 12. The SMILES string of the molecule is CC1CC=Cc2c(c3c4ccccc4ccc3n2-c2c3ccccc3cc3c2c2ccccc2n3-c2cccc(C3NC(c4ccccc4)=NC(c4ccc5c(ccc6ccccc65)c4)[NH2+]3)c2)C1.